The highest BCUT2D eigenvalue weighted by molar-refractivity contribution is 6.00. The Balaban J connectivity index is 1.65. The normalized spacial score (nSPS) is 13.8. The van der Waals surface area contributed by atoms with Crippen LogP contribution < -0.4 is 9.47 Å². The molecule has 35 heavy (non-hydrogen) atoms. The second-order valence-electron chi connectivity index (χ2n) is 7.93. The minimum atomic E-state index is -4.67. The second-order valence-corrected chi connectivity index (χ2v) is 7.93. The van der Waals surface area contributed by atoms with Crippen LogP contribution in [-0.2, 0) is 13.1 Å². The van der Waals surface area contributed by atoms with Gasteiger partial charge in [0.15, 0.2) is 17.7 Å². The zero-order valence-electron chi connectivity index (χ0n) is 18.9. The number of nitrogens with zero attached hydrogens (tertiary/aromatic N) is 5. The zero-order chi connectivity index (χ0) is 25.5. The van der Waals surface area contributed by atoms with Crippen LogP contribution in [0.5, 0.6) is 11.5 Å². The number of carbonyl (C=O) groups is 1. The molecule has 1 aliphatic rings. The number of alkyl halides is 3. The molecule has 1 unspecified atom stereocenters. The largest absolute Gasteiger partial charge is 0.494 e. The van der Waals surface area contributed by atoms with E-state index in [1.54, 1.807) is 13.1 Å². The van der Waals surface area contributed by atoms with Crippen LogP contribution in [0.2, 0.25) is 0 Å². The number of nitriles is 1. The number of benzene rings is 1. The first kappa shape index (κ1) is 24.0. The fourth-order valence-electron chi connectivity index (χ4n) is 3.76. The van der Waals surface area contributed by atoms with Gasteiger partial charge in [-0.15, -0.1) is 0 Å². The van der Waals surface area contributed by atoms with Crippen molar-refractivity contribution in [3.63, 3.8) is 0 Å². The molecule has 12 heteroatoms. The third-order valence-electron chi connectivity index (χ3n) is 5.52. The average molecular weight is 489 g/mol. The topological polar surface area (TPSA) is 93.3 Å². The van der Waals surface area contributed by atoms with Crippen LogP contribution in [0.25, 0.3) is 5.82 Å². The van der Waals surface area contributed by atoms with Gasteiger partial charge in [-0.1, -0.05) is 0 Å². The van der Waals surface area contributed by atoms with Crippen LogP contribution in [0.1, 0.15) is 39.7 Å². The smallest absolute Gasteiger partial charge is 0.425 e. The zero-order valence-corrected chi connectivity index (χ0v) is 18.9. The monoisotopic (exact) mass is 489 g/mol. The number of aryl methyl sites for hydroxylation is 1. The summed E-state index contributed by atoms with van der Waals surface area (Å²) in [6, 6.07) is 5.57. The van der Waals surface area contributed by atoms with Gasteiger partial charge >= 0.3 is 6.18 Å². The van der Waals surface area contributed by atoms with Crippen LogP contribution in [0.15, 0.2) is 30.6 Å². The van der Waals surface area contributed by atoms with E-state index in [9.17, 15) is 27.6 Å². The summed E-state index contributed by atoms with van der Waals surface area (Å²) in [7, 11) is 1.21. The molecule has 0 saturated carbocycles. The number of methoxy groups -OCH3 is 1. The maximum absolute atomic E-state index is 13.4. The first-order valence-electron chi connectivity index (χ1n) is 10.4. The summed E-state index contributed by atoms with van der Waals surface area (Å²) in [6.45, 7) is 2.66. The van der Waals surface area contributed by atoms with Gasteiger partial charge in [-0.2, -0.15) is 23.5 Å². The van der Waals surface area contributed by atoms with Crippen molar-refractivity contribution in [2.75, 3.05) is 7.11 Å². The summed E-state index contributed by atoms with van der Waals surface area (Å²) in [4.78, 5) is 18.9. The predicted molar refractivity (Wildman–Crippen MR) is 113 cm³/mol. The Morgan fingerprint density at radius 2 is 2.03 bits per heavy atom. The Labute approximate surface area is 197 Å². The molecule has 2 aromatic heterocycles. The lowest BCUT2D eigenvalue weighted by molar-refractivity contribution is -0.189. The van der Waals surface area contributed by atoms with E-state index in [1.165, 1.54) is 28.8 Å². The van der Waals surface area contributed by atoms with Crippen molar-refractivity contribution in [2.24, 2.45) is 0 Å². The molecular formula is C23H19F4N5O3. The van der Waals surface area contributed by atoms with Crippen LogP contribution >= 0.6 is 0 Å². The molecular weight excluding hydrogens is 470 g/mol. The van der Waals surface area contributed by atoms with Crippen molar-refractivity contribution in [3.05, 3.63) is 64.4 Å². The van der Waals surface area contributed by atoms with E-state index in [0.717, 1.165) is 19.2 Å². The highest BCUT2D eigenvalue weighted by Gasteiger charge is 2.40. The van der Waals surface area contributed by atoms with E-state index < -0.39 is 24.0 Å². The van der Waals surface area contributed by atoms with Gasteiger partial charge in [0.05, 0.1) is 31.1 Å². The van der Waals surface area contributed by atoms with Gasteiger partial charge < -0.3 is 14.4 Å². The molecule has 3 heterocycles. The lowest BCUT2D eigenvalue weighted by atomic mass is 10.1. The molecule has 182 valence electrons. The van der Waals surface area contributed by atoms with Crippen molar-refractivity contribution in [2.45, 2.75) is 39.2 Å². The van der Waals surface area contributed by atoms with Crippen molar-refractivity contribution in [3.8, 4) is 23.4 Å². The van der Waals surface area contributed by atoms with E-state index in [1.807, 2.05) is 6.07 Å². The quantitative estimate of drug-likeness (QED) is 0.502. The predicted octanol–water partition coefficient (Wildman–Crippen LogP) is 4.08. The van der Waals surface area contributed by atoms with Crippen molar-refractivity contribution in [1.82, 2.24) is 19.7 Å². The molecule has 0 N–H and O–H groups in total. The number of halogens is 4. The molecule has 0 radical (unpaired) electrons. The molecule has 0 fully saturated rings. The van der Waals surface area contributed by atoms with Gasteiger partial charge in [0.2, 0.25) is 0 Å². The van der Waals surface area contributed by atoms with Gasteiger partial charge in [0.25, 0.3) is 5.91 Å². The SMILES string of the molecule is COc1c(C#N)ccc(OC(C)C(F)(F)F)c1C(=O)N1Cc2cn(-c3ncc(F)cc3C)nc2C1. The summed E-state index contributed by atoms with van der Waals surface area (Å²) in [5.74, 6) is -1.25. The van der Waals surface area contributed by atoms with Gasteiger partial charge in [0, 0.05) is 18.3 Å². The van der Waals surface area contributed by atoms with E-state index in [0.29, 0.717) is 22.6 Å². The average Bonchev–Trinajstić information content (AvgIpc) is 3.37. The summed E-state index contributed by atoms with van der Waals surface area (Å²) in [5, 5.41) is 13.8. The van der Waals surface area contributed by atoms with Gasteiger partial charge in [-0.25, -0.2) is 14.1 Å². The van der Waals surface area contributed by atoms with Crippen LogP contribution in [0.4, 0.5) is 17.6 Å². The molecule has 4 rings (SSSR count). The minimum Gasteiger partial charge on any atom is -0.494 e. The fraction of sp³-hybridized carbons (Fsp3) is 0.304. The number of hydrogen-bond acceptors (Lipinski definition) is 6. The lowest BCUT2D eigenvalue weighted by Crippen LogP contribution is -2.33. The van der Waals surface area contributed by atoms with Crippen LogP contribution in [0.3, 0.4) is 0 Å². The Kier molecular flexibility index (Phi) is 6.10. The summed E-state index contributed by atoms with van der Waals surface area (Å²) >= 11 is 0. The summed E-state index contributed by atoms with van der Waals surface area (Å²) in [6.07, 6.45) is -4.14. The Bertz CT molecular complexity index is 1320. The molecule has 8 nitrogen and oxygen atoms in total. The van der Waals surface area contributed by atoms with Crippen molar-refractivity contribution in [1.29, 1.82) is 5.26 Å². The van der Waals surface area contributed by atoms with E-state index in [4.69, 9.17) is 9.47 Å². The van der Waals surface area contributed by atoms with Gasteiger partial charge in [-0.05, 0) is 37.6 Å². The number of amides is 1. The first-order valence-corrected chi connectivity index (χ1v) is 10.4. The molecule has 0 saturated heterocycles. The highest BCUT2D eigenvalue weighted by Crippen LogP contribution is 2.37. The van der Waals surface area contributed by atoms with E-state index in [-0.39, 0.29) is 35.7 Å². The lowest BCUT2D eigenvalue weighted by Gasteiger charge is -2.23. The molecule has 0 bridgehead atoms. The maximum Gasteiger partial charge on any atom is 0.425 e. The summed E-state index contributed by atoms with van der Waals surface area (Å²) < 4.78 is 64.5. The molecule has 0 spiro atoms. The number of fused-ring (bicyclic) bond motifs is 1. The molecule has 1 aromatic carbocycles. The number of rotatable bonds is 5. The Morgan fingerprint density at radius 1 is 1.29 bits per heavy atom. The molecule has 0 aliphatic carbocycles. The summed E-state index contributed by atoms with van der Waals surface area (Å²) in [5.41, 5.74) is 1.49. The van der Waals surface area contributed by atoms with E-state index in [2.05, 4.69) is 10.1 Å². The molecule has 3 aromatic rings. The molecule has 1 atom stereocenters. The third kappa shape index (κ3) is 4.49. The number of pyridine rings is 1. The number of ether oxygens (including phenoxy) is 2. The number of aromatic nitrogens is 3. The van der Waals surface area contributed by atoms with Crippen molar-refractivity contribution >= 4 is 5.91 Å². The number of hydrogen-bond donors (Lipinski definition) is 0. The third-order valence-corrected chi connectivity index (χ3v) is 5.52. The van der Waals surface area contributed by atoms with Gasteiger partial charge in [-0.3, -0.25) is 4.79 Å². The Hall–Kier alpha value is -4.14. The standard InChI is InChI=1S/C23H19F4N5O3/c1-12-6-16(24)8-29-21(12)32-10-15-9-31(11-17(15)30-32)22(33)19-18(35-13(2)23(25,26)27)5-4-14(7-28)20(19)34-3/h4-6,8,10,13H,9,11H2,1-3H3. The molecule has 1 amide bonds. The highest BCUT2D eigenvalue weighted by atomic mass is 19.4. The number of carbonyl (C=O) groups excluding carboxylic acids is 1. The van der Waals surface area contributed by atoms with E-state index >= 15 is 0 Å². The Morgan fingerprint density at radius 3 is 2.63 bits per heavy atom. The maximum atomic E-state index is 13.4. The second kappa shape index (κ2) is 8.90. The minimum absolute atomic E-state index is 0.0251. The van der Waals surface area contributed by atoms with Crippen molar-refractivity contribution < 1.29 is 31.8 Å². The fourth-order valence-corrected chi connectivity index (χ4v) is 3.76. The van der Waals surface area contributed by atoms with Crippen LogP contribution in [-0.4, -0.2) is 45.0 Å². The first-order chi connectivity index (χ1) is 16.5. The van der Waals surface area contributed by atoms with Gasteiger partial charge in [0.1, 0.15) is 23.2 Å². The van der Waals surface area contributed by atoms with Crippen LogP contribution in [0, 0.1) is 24.1 Å². The molecule has 1 aliphatic heterocycles.